The number of nitrogens with one attached hydrogen (secondary N) is 1. The monoisotopic (exact) mass is 392 g/mol. The number of fused-ring (bicyclic) bond motifs is 3. The normalized spacial score (nSPS) is 25.7. The summed E-state index contributed by atoms with van der Waals surface area (Å²) < 4.78 is 37.9. The molecule has 0 spiro atoms. The first-order chi connectivity index (χ1) is 12.9. The van der Waals surface area contributed by atoms with Crippen LogP contribution in [0.15, 0.2) is 30.5 Å². The molecule has 1 aromatic heterocycles. The molecule has 0 aliphatic carbocycles. The summed E-state index contributed by atoms with van der Waals surface area (Å²) in [6.07, 6.45) is 2.60. The minimum Gasteiger partial charge on any atom is -0.459 e. The smallest absolute Gasteiger partial charge is 0.340 e. The predicted molar refractivity (Wildman–Crippen MR) is 101 cm³/mol. The first-order valence-electron chi connectivity index (χ1n) is 9.25. The number of hydrogen-bond acceptors (Lipinski definition) is 6. The van der Waals surface area contributed by atoms with Gasteiger partial charge in [-0.15, -0.1) is 0 Å². The lowest BCUT2D eigenvalue weighted by molar-refractivity contribution is -0.0339. The molecule has 2 aliphatic heterocycles. The molecule has 2 bridgehead atoms. The van der Waals surface area contributed by atoms with Gasteiger partial charge in [0.1, 0.15) is 6.10 Å². The van der Waals surface area contributed by atoms with Crippen molar-refractivity contribution in [3.63, 3.8) is 0 Å². The topological polar surface area (TPSA) is 86.6 Å². The van der Waals surface area contributed by atoms with Gasteiger partial charge in [-0.05, 0) is 19.9 Å². The third-order valence-electron chi connectivity index (χ3n) is 5.25. The van der Waals surface area contributed by atoms with Gasteiger partial charge in [-0.1, -0.05) is 18.2 Å². The van der Waals surface area contributed by atoms with Crippen LogP contribution in [0, 0.1) is 0 Å². The number of piperidine rings is 1. The Morgan fingerprint density at radius 2 is 1.89 bits per heavy atom. The van der Waals surface area contributed by atoms with Crippen molar-refractivity contribution in [3.8, 4) is 0 Å². The van der Waals surface area contributed by atoms with E-state index >= 15 is 0 Å². The number of para-hydroxylation sites is 1. The standard InChI is InChI=1S/C19H24N2O5S/c1-12(2)27(23,24)21-9-17(16-5-3-4-6-18(16)21)19(22)26-15-7-13-10-25-11-14(8-15)20-13/h3-6,9,12-15,20H,7-8,10-11H2,1-2H3. The van der Waals surface area contributed by atoms with Crippen molar-refractivity contribution in [1.29, 1.82) is 0 Å². The summed E-state index contributed by atoms with van der Waals surface area (Å²) in [6, 6.07) is 7.40. The second-order valence-electron chi connectivity index (χ2n) is 7.55. The van der Waals surface area contributed by atoms with Crippen molar-refractivity contribution in [2.45, 2.75) is 50.1 Å². The lowest BCUT2D eigenvalue weighted by atomic mass is 9.94. The highest BCUT2D eigenvalue weighted by Gasteiger charge is 2.34. The molecule has 1 aromatic carbocycles. The molecular formula is C19H24N2O5S. The number of morpholine rings is 1. The van der Waals surface area contributed by atoms with E-state index in [1.807, 2.05) is 0 Å². The van der Waals surface area contributed by atoms with Gasteiger partial charge in [-0.3, -0.25) is 0 Å². The molecule has 0 radical (unpaired) electrons. The van der Waals surface area contributed by atoms with E-state index in [0.717, 1.165) is 0 Å². The average molecular weight is 392 g/mol. The zero-order valence-electron chi connectivity index (χ0n) is 15.4. The van der Waals surface area contributed by atoms with E-state index in [2.05, 4.69) is 5.32 Å². The van der Waals surface area contributed by atoms with E-state index in [1.54, 1.807) is 38.1 Å². The molecule has 27 heavy (non-hydrogen) atoms. The highest BCUT2D eigenvalue weighted by molar-refractivity contribution is 7.90. The molecule has 7 nitrogen and oxygen atoms in total. The van der Waals surface area contributed by atoms with Crippen LogP contribution in [0.25, 0.3) is 10.9 Å². The van der Waals surface area contributed by atoms with Gasteiger partial charge in [-0.25, -0.2) is 17.2 Å². The molecule has 3 heterocycles. The molecule has 2 fully saturated rings. The Balaban J connectivity index is 1.64. The number of nitrogens with zero attached hydrogens (tertiary/aromatic N) is 1. The summed E-state index contributed by atoms with van der Waals surface area (Å²) in [7, 11) is -3.58. The first kappa shape index (κ1) is 18.5. The molecule has 2 atom stereocenters. The molecular weight excluding hydrogens is 368 g/mol. The Kier molecular flexibility index (Phi) is 4.73. The maximum Gasteiger partial charge on any atom is 0.340 e. The molecule has 2 aromatic rings. The fraction of sp³-hybridized carbons (Fsp3) is 0.526. The van der Waals surface area contributed by atoms with Gasteiger partial charge < -0.3 is 14.8 Å². The zero-order chi connectivity index (χ0) is 19.2. The second kappa shape index (κ2) is 6.92. The van der Waals surface area contributed by atoms with E-state index in [1.165, 1.54) is 10.2 Å². The Morgan fingerprint density at radius 3 is 2.56 bits per heavy atom. The average Bonchev–Trinajstić information content (AvgIpc) is 3.02. The van der Waals surface area contributed by atoms with Crippen LogP contribution in [-0.4, -0.2) is 55.0 Å². The number of benzene rings is 1. The lowest BCUT2D eigenvalue weighted by Crippen LogP contribution is -2.56. The number of rotatable bonds is 4. The van der Waals surface area contributed by atoms with Crippen molar-refractivity contribution >= 4 is 26.9 Å². The van der Waals surface area contributed by atoms with Gasteiger partial charge in [0.15, 0.2) is 0 Å². The Morgan fingerprint density at radius 1 is 1.22 bits per heavy atom. The third-order valence-corrected chi connectivity index (χ3v) is 7.29. The molecule has 0 saturated carbocycles. The maximum atomic E-state index is 12.9. The third kappa shape index (κ3) is 3.37. The van der Waals surface area contributed by atoms with Crippen molar-refractivity contribution in [2.24, 2.45) is 0 Å². The highest BCUT2D eigenvalue weighted by atomic mass is 32.2. The predicted octanol–water partition coefficient (Wildman–Crippen LogP) is 1.90. The van der Waals surface area contributed by atoms with E-state index in [-0.39, 0.29) is 23.8 Å². The number of aromatic nitrogens is 1. The zero-order valence-corrected chi connectivity index (χ0v) is 16.2. The van der Waals surface area contributed by atoms with Gasteiger partial charge in [0.2, 0.25) is 10.0 Å². The number of hydrogen-bond donors (Lipinski definition) is 1. The van der Waals surface area contributed by atoms with Crippen LogP contribution in [0.3, 0.4) is 0 Å². The highest BCUT2D eigenvalue weighted by Crippen LogP contribution is 2.27. The van der Waals surface area contributed by atoms with Gasteiger partial charge in [0.25, 0.3) is 0 Å². The Labute approximate surface area is 158 Å². The molecule has 1 N–H and O–H groups in total. The summed E-state index contributed by atoms with van der Waals surface area (Å²) in [5.41, 5.74) is 0.781. The summed E-state index contributed by atoms with van der Waals surface area (Å²) in [4.78, 5) is 12.9. The SMILES string of the molecule is CC(C)S(=O)(=O)n1cc(C(=O)OC2CC3COCC(C2)N3)c2ccccc21. The summed E-state index contributed by atoms with van der Waals surface area (Å²) in [5, 5.41) is 3.45. The number of carbonyl (C=O) groups is 1. The van der Waals surface area contributed by atoms with Crippen LogP contribution in [-0.2, 0) is 19.5 Å². The van der Waals surface area contributed by atoms with Crippen molar-refractivity contribution in [1.82, 2.24) is 9.29 Å². The van der Waals surface area contributed by atoms with Crippen LogP contribution in [0.4, 0.5) is 0 Å². The molecule has 2 saturated heterocycles. The van der Waals surface area contributed by atoms with Crippen LogP contribution in [0.5, 0.6) is 0 Å². The fourth-order valence-corrected chi connectivity index (χ4v) is 4.99. The van der Waals surface area contributed by atoms with Gasteiger partial charge >= 0.3 is 5.97 Å². The Bertz CT molecular complexity index is 954. The summed E-state index contributed by atoms with van der Waals surface area (Å²) in [6.45, 7) is 4.49. The largest absolute Gasteiger partial charge is 0.459 e. The lowest BCUT2D eigenvalue weighted by Gasteiger charge is -2.39. The van der Waals surface area contributed by atoms with Gasteiger partial charge in [-0.2, -0.15) is 0 Å². The van der Waals surface area contributed by atoms with Gasteiger partial charge in [0, 0.05) is 36.5 Å². The van der Waals surface area contributed by atoms with Crippen molar-refractivity contribution in [3.05, 3.63) is 36.0 Å². The van der Waals surface area contributed by atoms with E-state index in [4.69, 9.17) is 9.47 Å². The number of esters is 1. The Hall–Kier alpha value is -1.90. The summed E-state index contributed by atoms with van der Waals surface area (Å²) in [5.74, 6) is -0.477. The number of ether oxygens (including phenoxy) is 2. The minimum absolute atomic E-state index is 0.193. The van der Waals surface area contributed by atoms with E-state index < -0.39 is 21.2 Å². The quantitative estimate of drug-likeness (QED) is 0.800. The van der Waals surface area contributed by atoms with Crippen LogP contribution >= 0.6 is 0 Å². The fourth-order valence-electron chi connectivity index (χ4n) is 3.85. The molecule has 8 heteroatoms. The molecule has 146 valence electrons. The van der Waals surface area contributed by atoms with Crippen molar-refractivity contribution in [2.75, 3.05) is 13.2 Å². The first-order valence-corrected chi connectivity index (χ1v) is 10.8. The second-order valence-corrected chi connectivity index (χ2v) is 9.91. The minimum atomic E-state index is -3.58. The van der Waals surface area contributed by atoms with E-state index in [9.17, 15) is 13.2 Å². The maximum absolute atomic E-state index is 12.9. The van der Waals surface area contributed by atoms with Gasteiger partial charge in [0.05, 0.1) is 29.5 Å². The van der Waals surface area contributed by atoms with Crippen LogP contribution < -0.4 is 5.32 Å². The van der Waals surface area contributed by atoms with Crippen LogP contribution in [0.2, 0.25) is 0 Å². The molecule has 2 aliphatic rings. The summed E-state index contributed by atoms with van der Waals surface area (Å²) >= 11 is 0. The molecule has 4 rings (SSSR count). The molecule has 0 amide bonds. The molecule has 2 unspecified atom stereocenters. The van der Waals surface area contributed by atoms with Crippen LogP contribution in [0.1, 0.15) is 37.0 Å². The van der Waals surface area contributed by atoms with E-state index in [0.29, 0.717) is 37.0 Å². The number of carbonyl (C=O) groups excluding carboxylic acids is 1. The van der Waals surface area contributed by atoms with Crippen molar-refractivity contribution < 1.29 is 22.7 Å².